The minimum Gasteiger partial charge on any atom is -0.388 e. The van der Waals surface area contributed by atoms with Crippen LogP contribution in [0, 0.1) is 0 Å². The summed E-state index contributed by atoms with van der Waals surface area (Å²) >= 11 is 0. The Hall–Kier alpha value is -1.27. The molecule has 1 saturated heterocycles. The normalized spacial score (nSPS) is 24.5. The monoisotopic (exact) mass is 268 g/mol. The summed E-state index contributed by atoms with van der Waals surface area (Å²) in [6, 6.07) is 5.73. The summed E-state index contributed by atoms with van der Waals surface area (Å²) in [5.74, 6) is 0.172. The largest absolute Gasteiger partial charge is 0.388 e. The Morgan fingerprint density at radius 1 is 1.50 bits per heavy atom. The highest BCUT2D eigenvalue weighted by Gasteiger charge is 2.36. The van der Waals surface area contributed by atoms with Crippen molar-refractivity contribution < 1.29 is 13.2 Å². The SMILES string of the molecule is CNc1cccc2c1CCS(=O)(=O)N2C[C@H]1CO1. The minimum atomic E-state index is -3.19. The molecule has 5 nitrogen and oxygen atoms in total. The highest BCUT2D eigenvalue weighted by atomic mass is 32.2. The molecule has 0 aliphatic carbocycles. The van der Waals surface area contributed by atoms with E-state index in [1.165, 1.54) is 4.31 Å². The van der Waals surface area contributed by atoms with Crippen LogP contribution >= 0.6 is 0 Å². The molecule has 98 valence electrons. The standard InChI is InChI=1S/C12H16N2O3S/c1-13-11-3-2-4-12-10(11)5-6-18(15,16)14(12)7-9-8-17-9/h2-4,9,13H,5-8H2,1H3/t9-/m0/s1. The first kappa shape index (κ1) is 11.8. The lowest BCUT2D eigenvalue weighted by Gasteiger charge is -2.31. The number of ether oxygens (including phenoxy) is 1. The molecule has 0 spiro atoms. The van der Waals surface area contributed by atoms with Gasteiger partial charge in [0.2, 0.25) is 10.0 Å². The molecule has 3 rings (SSSR count). The van der Waals surface area contributed by atoms with Crippen LogP contribution in [0.1, 0.15) is 5.56 Å². The molecule has 0 bridgehead atoms. The van der Waals surface area contributed by atoms with E-state index in [1.807, 2.05) is 25.2 Å². The molecule has 0 unspecified atom stereocenters. The van der Waals surface area contributed by atoms with Gasteiger partial charge in [-0.25, -0.2) is 8.42 Å². The van der Waals surface area contributed by atoms with Gasteiger partial charge in [0.1, 0.15) is 0 Å². The fraction of sp³-hybridized carbons (Fsp3) is 0.500. The van der Waals surface area contributed by atoms with Crippen LogP contribution in [-0.4, -0.2) is 40.5 Å². The lowest BCUT2D eigenvalue weighted by Crippen LogP contribution is -2.40. The molecule has 1 fully saturated rings. The van der Waals surface area contributed by atoms with Gasteiger partial charge in [0, 0.05) is 18.3 Å². The molecule has 2 aliphatic heterocycles. The van der Waals surface area contributed by atoms with Crippen LogP contribution in [0.4, 0.5) is 11.4 Å². The Balaban J connectivity index is 2.06. The van der Waals surface area contributed by atoms with Gasteiger partial charge in [-0.2, -0.15) is 0 Å². The van der Waals surface area contributed by atoms with Gasteiger partial charge in [0.05, 0.1) is 30.7 Å². The number of rotatable bonds is 3. The second-order valence-electron chi connectivity index (χ2n) is 4.61. The van der Waals surface area contributed by atoms with Gasteiger partial charge < -0.3 is 10.1 Å². The maximum absolute atomic E-state index is 12.2. The van der Waals surface area contributed by atoms with E-state index in [0.29, 0.717) is 19.6 Å². The third kappa shape index (κ3) is 1.95. The summed E-state index contributed by atoms with van der Waals surface area (Å²) in [7, 11) is -1.34. The molecule has 0 amide bonds. The van der Waals surface area contributed by atoms with E-state index in [2.05, 4.69) is 5.32 Å². The van der Waals surface area contributed by atoms with Gasteiger partial charge in [0.15, 0.2) is 0 Å². The van der Waals surface area contributed by atoms with Crippen molar-refractivity contribution in [1.29, 1.82) is 0 Å². The average Bonchev–Trinajstić information content (AvgIpc) is 3.16. The van der Waals surface area contributed by atoms with Crippen LogP contribution in [0.3, 0.4) is 0 Å². The zero-order valence-electron chi connectivity index (χ0n) is 10.2. The summed E-state index contributed by atoms with van der Waals surface area (Å²) in [5.41, 5.74) is 2.88. The average molecular weight is 268 g/mol. The zero-order valence-corrected chi connectivity index (χ0v) is 11.0. The van der Waals surface area contributed by atoms with Crippen molar-refractivity contribution in [2.75, 3.05) is 35.6 Å². The van der Waals surface area contributed by atoms with Crippen molar-refractivity contribution in [2.24, 2.45) is 0 Å². The third-order valence-corrected chi connectivity index (χ3v) is 5.14. The number of hydrogen-bond acceptors (Lipinski definition) is 4. The molecule has 0 radical (unpaired) electrons. The molecule has 1 atom stereocenters. The smallest absolute Gasteiger partial charge is 0.235 e. The topological polar surface area (TPSA) is 61.9 Å². The van der Waals surface area contributed by atoms with Gasteiger partial charge >= 0.3 is 0 Å². The maximum atomic E-state index is 12.2. The van der Waals surface area contributed by atoms with Crippen LogP contribution in [0.25, 0.3) is 0 Å². The summed E-state index contributed by atoms with van der Waals surface area (Å²) in [4.78, 5) is 0. The van der Waals surface area contributed by atoms with Gasteiger partial charge in [-0.15, -0.1) is 0 Å². The maximum Gasteiger partial charge on any atom is 0.235 e. The van der Waals surface area contributed by atoms with E-state index < -0.39 is 10.0 Å². The first-order valence-electron chi connectivity index (χ1n) is 6.03. The van der Waals surface area contributed by atoms with Crippen molar-refractivity contribution in [1.82, 2.24) is 0 Å². The molecular formula is C12H16N2O3S. The van der Waals surface area contributed by atoms with Crippen LogP contribution in [0.5, 0.6) is 0 Å². The lowest BCUT2D eigenvalue weighted by atomic mass is 10.1. The predicted molar refractivity (Wildman–Crippen MR) is 70.6 cm³/mol. The number of anilines is 2. The van der Waals surface area contributed by atoms with E-state index >= 15 is 0 Å². The number of nitrogens with zero attached hydrogens (tertiary/aromatic N) is 1. The van der Waals surface area contributed by atoms with Crippen LogP contribution in [-0.2, 0) is 21.2 Å². The Kier molecular flexibility index (Phi) is 2.71. The first-order valence-corrected chi connectivity index (χ1v) is 7.64. The Labute approximate surface area is 107 Å². The highest BCUT2D eigenvalue weighted by molar-refractivity contribution is 7.92. The Morgan fingerprint density at radius 2 is 2.28 bits per heavy atom. The first-order chi connectivity index (χ1) is 8.62. The van der Waals surface area contributed by atoms with Crippen molar-refractivity contribution in [3.05, 3.63) is 23.8 Å². The fourth-order valence-electron chi connectivity index (χ4n) is 2.37. The van der Waals surface area contributed by atoms with Crippen molar-refractivity contribution in [2.45, 2.75) is 12.5 Å². The lowest BCUT2D eigenvalue weighted by molar-refractivity contribution is 0.412. The molecule has 18 heavy (non-hydrogen) atoms. The third-order valence-electron chi connectivity index (χ3n) is 3.41. The minimum absolute atomic E-state index is 0.0592. The number of epoxide rings is 1. The number of sulfonamides is 1. The second kappa shape index (κ2) is 4.13. The van der Waals surface area contributed by atoms with E-state index in [4.69, 9.17) is 4.74 Å². The van der Waals surface area contributed by atoms with Crippen LogP contribution in [0.15, 0.2) is 18.2 Å². The fourth-order valence-corrected chi connectivity index (χ4v) is 3.91. The highest BCUT2D eigenvalue weighted by Crippen LogP contribution is 2.35. The predicted octanol–water partition coefficient (Wildman–Crippen LogP) is 0.819. The summed E-state index contributed by atoms with van der Waals surface area (Å²) < 4.78 is 31.0. The molecule has 2 heterocycles. The summed E-state index contributed by atoms with van der Waals surface area (Å²) in [6.45, 7) is 1.09. The van der Waals surface area contributed by atoms with Gasteiger partial charge in [-0.05, 0) is 18.6 Å². The Morgan fingerprint density at radius 3 is 2.94 bits per heavy atom. The van der Waals surface area contributed by atoms with Gasteiger partial charge in [-0.3, -0.25) is 4.31 Å². The molecule has 0 saturated carbocycles. The van der Waals surface area contributed by atoms with Crippen LogP contribution < -0.4 is 9.62 Å². The van der Waals surface area contributed by atoms with E-state index in [9.17, 15) is 8.42 Å². The number of nitrogens with one attached hydrogen (secondary N) is 1. The zero-order chi connectivity index (χ0) is 12.8. The van der Waals surface area contributed by atoms with Crippen molar-refractivity contribution >= 4 is 21.4 Å². The van der Waals surface area contributed by atoms with E-state index in [1.54, 1.807) is 0 Å². The van der Waals surface area contributed by atoms with Gasteiger partial charge in [-0.1, -0.05) is 6.07 Å². The molecule has 6 heteroatoms. The van der Waals surface area contributed by atoms with Gasteiger partial charge in [0.25, 0.3) is 0 Å². The van der Waals surface area contributed by atoms with Crippen LogP contribution in [0.2, 0.25) is 0 Å². The second-order valence-corrected chi connectivity index (χ2v) is 6.62. The van der Waals surface area contributed by atoms with E-state index in [0.717, 1.165) is 16.9 Å². The number of fused-ring (bicyclic) bond motifs is 1. The molecule has 1 aromatic carbocycles. The summed E-state index contributed by atoms with van der Waals surface area (Å²) in [5, 5.41) is 3.12. The summed E-state index contributed by atoms with van der Waals surface area (Å²) in [6.07, 6.45) is 0.625. The van der Waals surface area contributed by atoms with Crippen molar-refractivity contribution in [3.63, 3.8) is 0 Å². The molecule has 1 aromatic rings. The molecule has 2 aliphatic rings. The van der Waals surface area contributed by atoms with Crippen molar-refractivity contribution in [3.8, 4) is 0 Å². The molecular weight excluding hydrogens is 252 g/mol. The molecule has 0 aromatic heterocycles. The number of hydrogen-bond donors (Lipinski definition) is 1. The number of benzene rings is 1. The molecule has 1 N–H and O–H groups in total. The Bertz CT molecular complexity index is 567. The quantitative estimate of drug-likeness (QED) is 0.824. The van der Waals surface area contributed by atoms with E-state index in [-0.39, 0.29) is 11.9 Å².